The Bertz CT molecular complexity index is 3390. The Labute approximate surface area is 361 Å². The van der Waals surface area contributed by atoms with Crippen molar-refractivity contribution in [2.75, 3.05) is 9.80 Å². The van der Waals surface area contributed by atoms with Crippen LogP contribution in [0.2, 0.25) is 0 Å². The number of thiophene rings is 1. The zero-order chi connectivity index (χ0) is 41.0. The minimum atomic E-state index is -0.275. The summed E-state index contributed by atoms with van der Waals surface area (Å²) in [4.78, 5) is 5.16. The van der Waals surface area contributed by atoms with Gasteiger partial charge in [-0.15, -0.1) is 11.3 Å². The normalized spacial score (nSPS) is 14.5. The zero-order valence-corrected chi connectivity index (χ0v) is 35.6. The van der Waals surface area contributed by atoms with Crippen LogP contribution in [-0.2, 0) is 10.8 Å². The smallest absolute Gasteiger partial charge is 0.0781 e. The first kappa shape index (κ1) is 36.0. The van der Waals surface area contributed by atoms with Crippen molar-refractivity contribution in [1.29, 1.82) is 0 Å². The third-order valence-corrected chi connectivity index (χ3v) is 14.8. The molecule has 10 aromatic rings. The molecule has 9 aromatic carbocycles. The van der Waals surface area contributed by atoms with Crippen molar-refractivity contribution < 1.29 is 0 Å². The van der Waals surface area contributed by atoms with Gasteiger partial charge >= 0.3 is 0 Å². The fourth-order valence-corrected chi connectivity index (χ4v) is 12.0. The van der Waals surface area contributed by atoms with E-state index in [2.05, 4.69) is 232 Å². The molecule has 0 spiro atoms. The van der Waals surface area contributed by atoms with Crippen LogP contribution in [0, 0.1) is 0 Å². The first-order chi connectivity index (χ1) is 29.8. The van der Waals surface area contributed by atoms with Gasteiger partial charge in [-0.05, 0) is 92.4 Å². The van der Waals surface area contributed by atoms with Crippen LogP contribution >= 0.6 is 11.3 Å². The quantitative estimate of drug-likeness (QED) is 0.171. The maximum Gasteiger partial charge on any atom is 0.0781 e. The van der Waals surface area contributed by atoms with E-state index in [1.54, 1.807) is 0 Å². The van der Waals surface area contributed by atoms with Crippen LogP contribution < -0.4 is 9.80 Å². The van der Waals surface area contributed by atoms with Crippen LogP contribution in [0.3, 0.4) is 0 Å². The third kappa shape index (κ3) is 5.20. The molecule has 61 heavy (non-hydrogen) atoms. The van der Waals surface area contributed by atoms with Crippen molar-refractivity contribution in [3.05, 3.63) is 216 Å². The predicted molar refractivity (Wildman–Crippen MR) is 261 cm³/mol. The summed E-state index contributed by atoms with van der Waals surface area (Å²) < 4.78 is 2.57. The van der Waals surface area contributed by atoms with Gasteiger partial charge in [-0.25, -0.2) is 0 Å². The number of fused-ring (bicyclic) bond motifs is 9. The van der Waals surface area contributed by atoms with Crippen LogP contribution in [0.25, 0.3) is 53.2 Å². The topological polar surface area (TPSA) is 6.48 Å². The number of hydrogen-bond acceptors (Lipinski definition) is 3. The molecular formula is C58H44N2S. The lowest BCUT2D eigenvalue weighted by atomic mass is 9.70. The molecule has 2 heterocycles. The van der Waals surface area contributed by atoms with Gasteiger partial charge in [-0.2, -0.15) is 0 Å². The lowest BCUT2D eigenvalue weighted by Crippen LogP contribution is -2.32. The predicted octanol–water partition coefficient (Wildman–Crippen LogP) is 16.8. The van der Waals surface area contributed by atoms with Crippen molar-refractivity contribution in [3.8, 4) is 22.3 Å². The third-order valence-electron chi connectivity index (χ3n) is 13.6. The van der Waals surface area contributed by atoms with Crippen molar-refractivity contribution in [2.24, 2.45) is 0 Å². The van der Waals surface area contributed by atoms with E-state index in [0.717, 1.165) is 17.1 Å². The largest absolute Gasteiger partial charge is 0.307 e. The Balaban J connectivity index is 1.20. The van der Waals surface area contributed by atoms with Gasteiger partial charge in [0.1, 0.15) is 0 Å². The van der Waals surface area contributed by atoms with E-state index in [-0.39, 0.29) is 10.8 Å². The van der Waals surface area contributed by atoms with E-state index in [9.17, 15) is 0 Å². The SMILES string of the molecule is CC1(C)c2ccccc2-c2ccc(N(c3ccc4ccccc4c3N3c4ccccc4C(C)(C)c4c(-c5ccccc5)cccc43)c3cccc4c3sc3ccccc34)cc21. The zero-order valence-electron chi connectivity index (χ0n) is 34.8. The molecule has 0 bridgehead atoms. The fraction of sp³-hybridized carbons (Fsp3) is 0.103. The summed E-state index contributed by atoms with van der Waals surface area (Å²) in [5.74, 6) is 0. The summed E-state index contributed by atoms with van der Waals surface area (Å²) in [7, 11) is 0. The summed E-state index contributed by atoms with van der Waals surface area (Å²) in [6, 6.07) is 72.4. The van der Waals surface area contributed by atoms with E-state index in [1.165, 1.54) is 92.5 Å². The highest BCUT2D eigenvalue weighted by Crippen LogP contribution is 2.59. The average molecular weight is 801 g/mol. The highest BCUT2D eigenvalue weighted by Gasteiger charge is 2.41. The molecule has 0 saturated carbocycles. The Hall–Kier alpha value is -6.94. The molecule has 1 aliphatic heterocycles. The summed E-state index contributed by atoms with van der Waals surface area (Å²) >= 11 is 1.89. The van der Waals surface area contributed by atoms with Gasteiger partial charge in [0.15, 0.2) is 0 Å². The lowest BCUT2D eigenvalue weighted by Gasteiger charge is -2.44. The number of benzene rings is 9. The molecule has 1 aliphatic carbocycles. The minimum absolute atomic E-state index is 0.159. The van der Waals surface area contributed by atoms with Crippen LogP contribution in [0.5, 0.6) is 0 Å². The molecule has 0 radical (unpaired) electrons. The molecule has 2 nitrogen and oxygen atoms in total. The molecule has 2 aliphatic rings. The molecule has 12 rings (SSSR count). The molecule has 0 N–H and O–H groups in total. The highest BCUT2D eigenvalue weighted by atomic mass is 32.1. The van der Waals surface area contributed by atoms with E-state index in [0.29, 0.717) is 0 Å². The molecule has 3 heteroatoms. The monoisotopic (exact) mass is 800 g/mol. The lowest BCUT2D eigenvalue weighted by molar-refractivity contribution is 0.634. The highest BCUT2D eigenvalue weighted by molar-refractivity contribution is 7.26. The minimum Gasteiger partial charge on any atom is -0.307 e. The summed E-state index contributed by atoms with van der Waals surface area (Å²) in [6.45, 7) is 9.57. The summed E-state index contributed by atoms with van der Waals surface area (Å²) in [6.07, 6.45) is 0. The second kappa shape index (κ2) is 13.3. The van der Waals surface area contributed by atoms with Gasteiger partial charge in [0.25, 0.3) is 0 Å². The standard InChI is InChI=1S/C58H44N2S/c1-57(2)46-26-12-10-22-42(46)43-34-33-39(36-48(43)57)59(52-30-17-25-45-44-23-11-15-31-53(44)61-56(45)52)51-35-32-38-20-8-9-21-41(38)55(51)60-49-28-14-13-27-47(49)58(3,4)54-40(24-16-29-50(54)60)37-18-6-5-7-19-37/h5-36H,1-4H3. The average Bonchev–Trinajstić information content (AvgIpc) is 3.79. The van der Waals surface area contributed by atoms with Gasteiger partial charge in [-0.1, -0.05) is 179 Å². The van der Waals surface area contributed by atoms with E-state index >= 15 is 0 Å². The van der Waals surface area contributed by atoms with Crippen LogP contribution in [0.15, 0.2) is 194 Å². The Morgan fingerprint density at radius 3 is 1.97 bits per heavy atom. The first-order valence-electron chi connectivity index (χ1n) is 21.4. The molecule has 1 aromatic heterocycles. The Morgan fingerprint density at radius 1 is 0.443 bits per heavy atom. The van der Waals surface area contributed by atoms with Gasteiger partial charge < -0.3 is 9.80 Å². The van der Waals surface area contributed by atoms with Gasteiger partial charge in [0.2, 0.25) is 0 Å². The number of nitrogens with zero attached hydrogens (tertiary/aromatic N) is 2. The number of anilines is 6. The summed E-state index contributed by atoms with van der Waals surface area (Å²) in [5, 5.41) is 4.98. The Morgan fingerprint density at radius 2 is 1.10 bits per heavy atom. The summed E-state index contributed by atoms with van der Waals surface area (Å²) in [5.41, 5.74) is 17.1. The van der Waals surface area contributed by atoms with E-state index in [4.69, 9.17) is 0 Å². The van der Waals surface area contributed by atoms with Crippen LogP contribution in [-0.4, -0.2) is 0 Å². The maximum atomic E-state index is 2.59. The molecule has 0 saturated heterocycles. The second-order valence-electron chi connectivity index (χ2n) is 17.7. The molecule has 0 unspecified atom stereocenters. The van der Waals surface area contributed by atoms with Gasteiger partial charge in [0, 0.05) is 37.4 Å². The van der Waals surface area contributed by atoms with Crippen molar-refractivity contribution >= 4 is 76.4 Å². The molecule has 292 valence electrons. The second-order valence-corrected chi connectivity index (χ2v) is 18.7. The van der Waals surface area contributed by atoms with Crippen LogP contribution in [0.1, 0.15) is 49.9 Å². The molecule has 0 fully saturated rings. The fourth-order valence-electron chi connectivity index (χ4n) is 10.8. The molecular weight excluding hydrogens is 757 g/mol. The van der Waals surface area contributed by atoms with Crippen molar-refractivity contribution in [2.45, 2.75) is 38.5 Å². The van der Waals surface area contributed by atoms with Crippen LogP contribution in [0.4, 0.5) is 34.1 Å². The van der Waals surface area contributed by atoms with Gasteiger partial charge in [-0.3, -0.25) is 0 Å². The first-order valence-corrected chi connectivity index (χ1v) is 22.2. The van der Waals surface area contributed by atoms with E-state index < -0.39 is 0 Å². The Kier molecular flexibility index (Phi) is 7.83. The maximum absolute atomic E-state index is 2.59. The van der Waals surface area contributed by atoms with Crippen molar-refractivity contribution in [1.82, 2.24) is 0 Å². The van der Waals surface area contributed by atoms with E-state index in [1.807, 2.05) is 11.3 Å². The number of hydrogen-bond donors (Lipinski definition) is 0. The van der Waals surface area contributed by atoms with Crippen molar-refractivity contribution in [3.63, 3.8) is 0 Å². The number of rotatable bonds is 5. The van der Waals surface area contributed by atoms with Gasteiger partial charge in [0.05, 0.1) is 33.1 Å². The molecule has 0 atom stereocenters. The number of para-hydroxylation sites is 1. The molecule has 0 amide bonds.